The summed E-state index contributed by atoms with van der Waals surface area (Å²) in [5, 5.41) is 5.07. The number of ether oxygens (including phenoxy) is 2. The Kier molecular flexibility index (Phi) is 4.65. The number of halogens is 1. The molecule has 0 bridgehead atoms. The lowest BCUT2D eigenvalue weighted by Crippen LogP contribution is -2.08. The van der Waals surface area contributed by atoms with Crippen LogP contribution in [0.2, 0.25) is 0 Å². The molecule has 0 aliphatic rings. The van der Waals surface area contributed by atoms with E-state index < -0.39 is 5.97 Å². The van der Waals surface area contributed by atoms with Crippen LogP contribution in [-0.4, -0.2) is 27.3 Å². The van der Waals surface area contributed by atoms with E-state index in [1.54, 1.807) is 11.6 Å². The fourth-order valence-electron chi connectivity index (χ4n) is 2.59. The molecule has 0 aliphatic carbocycles. The van der Waals surface area contributed by atoms with Crippen molar-refractivity contribution in [2.24, 2.45) is 0 Å². The lowest BCUT2D eigenvalue weighted by atomic mass is 10.1. The number of aryl methyl sites for hydroxylation is 2. The van der Waals surface area contributed by atoms with Gasteiger partial charge in [0, 0.05) is 12.7 Å². The molecule has 25 heavy (non-hydrogen) atoms. The number of aromatic nitrogens is 3. The smallest absolute Gasteiger partial charge is 0.343 e. The number of hydrogen-bond donors (Lipinski definition) is 0. The van der Waals surface area contributed by atoms with Crippen molar-refractivity contribution in [2.45, 2.75) is 27.3 Å². The van der Waals surface area contributed by atoms with Crippen LogP contribution in [0.25, 0.3) is 11.0 Å². The van der Waals surface area contributed by atoms with Gasteiger partial charge < -0.3 is 9.47 Å². The highest BCUT2D eigenvalue weighted by Crippen LogP contribution is 2.35. The molecule has 0 aliphatic heterocycles. The Morgan fingerprint density at radius 1 is 1.24 bits per heavy atom. The Morgan fingerprint density at radius 2 is 1.96 bits per heavy atom. The fourth-order valence-corrected chi connectivity index (χ4v) is 2.59. The molecule has 0 atom stereocenters. The predicted octanol–water partition coefficient (Wildman–Crippen LogP) is 3.87. The molecule has 0 saturated heterocycles. The number of fused-ring (bicyclic) bond motifs is 1. The summed E-state index contributed by atoms with van der Waals surface area (Å²) in [7, 11) is 0. The zero-order valence-corrected chi connectivity index (χ0v) is 14.2. The first-order valence-electron chi connectivity index (χ1n) is 8.01. The Bertz CT molecular complexity index is 919. The van der Waals surface area contributed by atoms with Gasteiger partial charge >= 0.3 is 5.97 Å². The van der Waals surface area contributed by atoms with Crippen molar-refractivity contribution < 1.29 is 18.7 Å². The van der Waals surface area contributed by atoms with Gasteiger partial charge in [-0.25, -0.2) is 18.9 Å². The van der Waals surface area contributed by atoms with Crippen molar-refractivity contribution in [3.8, 4) is 11.5 Å². The number of carbonyl (C=O) groups excluding carboxylic acids is 1. The van der Waals surface area contributed by atoms with Crippen LogP contribution in [0.15, 0.2) is 30.5 Å². The third-order valence-electron chi connectivity index (χ3n) is 3.72. The van der Waals surface area contributed by atoms with Crippen LogP contribution in [0.4, 0.5) is 4.39 Å². The van der Waals surface area contributed by atoms with Gasteiger partial charge in [0.25, 0.3) is 0 Å². The second kappa shape index (κ2) is 6.88. The molecule has 0 fully saturated rings. The van der Waals surface area contributed by atoms with E-state index in [-0.39, 0.29) is 18.0 Å². The molecule has 130 valence electrons. The standard InChI is InChI=1S/C18H18FN3O3/c1-4-22-17-15(11(3)21-22)16(14(10-20-17)18(23)24-5-2)25-13-8-6-12(19)7-9-13/h6-10H,4-5H2,1-3H3. The Labute approximate surface area is 144 Å². The Hall–Kier alpha value is -2.96. The predicted molar refractivity (Wildman–Crippen MR) is 90.4 cm³/mol. The maximum Gasteiger partial charge on any atom is 0.343 e. The largest absolute Gasteiger partial charge is 0.462 e. The molecule has 2 aromatic heterocycles. The summed E-state index contributed by atoms with van der Waals surface area (Å²) in [6.07, 6.45) is 1.42. The summed E-state index contributed by atoms with van der Waals surface area (Å²) < 4.78 is 25.9. The van der Waals surface area contributed by atoms with E-state index in [1.165, 1.54) is 30.5 Å². The average Bonchev–Trinajstić information content (AvgIpc) is 2.94. The topological polar surface area (TPSA) is 66.2 Å². The van der Waals surface area contributed by atoms with E-state index in [4.69, 9.17) is 9.47 Å². The number of pyridine rings is 1. The van der Waals surface area contributed by atoms with Crippen molar-refractivity contribution in [1.29, 1.82) is 0 Å². The first-order chi connectivity index (χ1) is 12.0. The lowest BCUT2D eigenvalue weighted by molar-refractivity contribution is 0.0523. The molecule has 0 amide bonds. The minimum atomic E-state index is -0.530. The van der Waals surface area contributed by atoms with E-state index in [2.05, 4.69) is 10.1 Å². The fraction of sp³-hybridized carbons (Fsp3) is 0.278. The van der Waals surface area contributed by atoms with Crippen LogP contribution < -0.4 is 4.74 Å². The SMILES string of the molecule is CCOC(=O)c1cnc2c(c(C)nn2CC)c1Oc1ccc(F)cc1. The maximum absolute atomic E-state index is 13.1. The van der Waals surface area contributed by atoms with E-state index in [0.717, 1.165) is 0 Å². The van der Waals surface area contributed by atoms with Crippen molar-refractivity contribution in [1.82, 2.24) is 14.8 Å². The third kappa shape index (κ3) is 3.17. The van der Waals surface area contributed by atoms with Crippen LogP contribution in [0.3, 0.4) is 0 Å². The van der Waals surface area contributed by atoms with Gasteiger partial charge in [-0.3, -0.25) is 0 Å². The number of carbonyl (C=O) groups is 1. The third-order valence-corrected chi connectivity index (χ3v) is 3.72. The molecule has 3 rings (SSSR count). The number of hydrogen-bond acceptors (Lipinski definition) is 5. The first kappa shape index (κ1) is 16.9. The van der Waals surface area contributed by atoms with Gasteiger partial charge in [-0.2, -0.15) is 5.10 Å². The zero-order chi connectivity index (χ0) is 18.0. The quantitative estimate of drug-likeness (QED) is 0.658. The average molecular weight is 343 g/mol. The van der Waals surface area contributed by atoms with Crippen molar-refractivity contribution in [3.05, 3.63) is 47.5 Å². The normalized spacial score (nSPS) is 10.9. The van der Waals surface area contributed by atoms with Gasteiger partial charge in [0.15, 0.2) is 11.4 Å². The number of benzene rings is 1. The minimum absolute atomic E-state index is 0.206. The van der Waals surface area contributed by atoms with Crippen LogP contribution >= 0.6 is 0 Å². The highest BCUT2D eigenvalue weighted by Gasteiger charge is 2.23. The van der Waals surface area contributed by atoms with Crippen LogP contribution in [0.1, 0.15) is 29.9 Å². The Balaban J connectivity index is 2.19. The summed E-state index contributed by atoms with van der Waals surface area (Å²) >= 11 is 0. The molecule has 2 heterocycles. The molecule has 7 heteroatoms. The van der Waals surface area contributed by atoms with Crippen molar-refractivity contribution in [3.63, 3.8) is 0 Å². The van der Waals surface area contributed by atoms with Crippen molar-refractivity contribution in [2.75, 3.05) is 6.61 Å². The van der Waals surface area contributed by atoms with Gasteiger partial charge in [0.05, 0.1) is 17.7 Å². The first-order valence-corrected chi connectivity index (χ1v) is 8.01. The molecule has 0 radical (unpaired) electrons. The maximum atomic E-state index is 13.1. The van der Waals surface area contributed by atoms with E-state index in [9.17, 15) is 9.18 Å². The highest BCUT2D eigenvalue weighted by atomic mass is 19.1. The van der Waals surface area contributed by atoms with E-state index in [1.807, 2.05) is 13.8 Å². The van der Waals surface area contributed by atoms with Gasteiger partial charge in [-0.15, -0.1) is 0 Å². The van der Waals surface area contributed by atoms with Gasteiger partial charge in [-0.05, 0) is 45.0 Å². The van der Waals surface area contributed by atoms with Gasteiger partial charge in [0.2, 0.25) is 0 Å². The lowest BCUT2D eigenvalue weighted by Gasteiger charge is -2.12. The molecular weight excluding hydrogens is 325 g/mol. The van der Waals surface area contributed by atoms with E-state index >= 15 is 0 Å². The molecule has 3 aromatic rings. The molecule has 1 aromatic carbocycles. The van der Waals surface area contributed by atoms with Crippen molar-refractivity contribution >= 4 is 17.0 Å². The van der Waals surface area contributed by atoms with Crippen LogP contribution in [-0.2, 0) is 11.3 Å². The monoisotopic (exact) mass is 343 g/mol. The molecule has 0 N–H and O–H groups in total. The van der Waals surface area contributed by atoms with Gasteiger partial charge in [-0.1, -0.05) is 0 Å². The second-order valence-corrected chi connectivity index (χ2v) is 5.38. The molecule has 0 saturated carbocycles. The summed E-state index contributed by atoms with van der Waals surface area (Å²) in [4.78, 5) is 16.7. The van der Waals surface area contributed by atoms with Crippen LogP contribution in [0.5, 0.6) is 11.5 Å². The molecule has 6 nitrogen and oxygen atoms in total. The van der Waals surface area contributed by atoms with E-state index in [0.29, 0.717) is 34.8 Å². The van der Waals surface area contributed by atoms with Crippen LogP contribution in [0, 0.1) is 12.7 Å². The summed E-state index contributed by atoms with van der Waals surface area (Å²) in [5.41, 5.74) is 1.51. The minimum Gasteiger partial charge on any atom is -0.462 e. The number of esters is 1. The molecule has 0 unspecified atom stereocenters. The zero-order valence-electron chi connectivity index (χ0n) is 14.2. The number of rotatable bonds is 5. The Morgan fingerprint density at radius 3 is 2.60 bits per heavy atom. The molecular formula is C18H18FN3O3. The summed E-state index contributed by atoms with van der Waals surface area (Å²) in [6, 6.07) is 5.58. The summed E-state index contributed by atoms with van der Waals surface area (Å²) in [6.45, 7) is 6.37. The van der Waals surface area contributed by atoms with Gasteiger partial charge in [0.1, 0.15) is 17.1 Å². The number of nitrogens with zero attached hydrogens (tertiary/aromatic N) is 3. The molecule has 0 spiro atoms. The summed E-state index contributed by atoms with van der Waals surface area (Å²) in [5.74, 6) is -0.180. The highest BCUT2D eigenvalue weighted by molar-refractivity contribution is 6.00. The second-order valence-electron chi connectivity index (χ2n) is 5.38.